The lowest BCUT2D eigenvalue weighted by molar-refractivity contribution is -0.137. The third-order valence-corrected chi connectivity index (χ3v) is 4.70. The summed E-state index contributed by atoms with van der Waals surface area (Å²) in [6, 6.07) is 11.1. The van der Waals surface area contributed by atoms with Gasteiger partial charge in [-0.05, 0) is 35.9 Å². The van der Waals surface area contributed by atoms with E-state index >= 15 is 0 Å². The summed E-state index contributed by atoms with van der Waals surface area (Å²) in [5.41, 5.74) is 0.386. The van der Waals surface area contributed by atoms with Gasteiger partial charge in [0.25, 0.3) is 5.91 Å². The van der Waals surface area contributed by atoms with E-state index in [-0.39, 0.29) is 11.1 Å². The Labute approximate surface area is 160 Å². The first-order valence-corrected chi connectivity index (χ1v) is 8.75. The predicted molar refractivity (Wildman–Crippen MR) is 96.0 cm³/mol. The molecule has 0 bridgehead atoms. The minimum atomic E-state index is -4.48. The fourth-order valence-corrected chi connectivity index (χ4v) is 3.13. The minimum absolute atomic E-state index is 0.0348. The van der Waals surface area contributed by atoms with Gasteiger partial charge in [-0.2, -0.15) is 13.2 Å². The number of amides is 1. The molecule has 1 aliphatic heterocycles. The summed E-state index contributed by atoms with van der Waals surface area (Å²) in [5.74, 6) is -1.38. The van der Waals surface area contributed by atoms with Crippen molar-refractivity contribution in [3.05, 3.63) is 70.8 Å². The Balaban J connectivity index is 1.57. The Morgan fingerprint density at radius 3 is 2.14 bits per heavy atom. The summed E-state index contributed by atoms with van der Waals surface area (Å²) >= 11 is 0. The van der Waals surface area contributed by atoms with Crippen molar-refractivity contribution in [2.75, 3.05) is 26.2 Å². The van der Waals surface area contributed by atoms with Crippen molar-refractivity contribution in [1.29, 1.82) is 0 Å². The highest BCUT2D eigenvalue weighted by Crippen LogP contribution is 2.29. The van der Waals surface area contributed by atoms with E-state index in [1.54, 1.807) is 29.2 Å². The molecule has 1 heterocycles. The first-order valence-electron chi connectivity index (χ1n) is 8.75. The third-order valence-electron chi connectivity index (χ3n) is 4.70. The number of aromatic carboxylic acids is 1. The van der Waals surface area contributed by atoms with Crippen molar-refractivity contribution < 1.29 is 27.9 Å². The monoisotopic (exact) mass is 392 g/mol. The van der Waals surface area contributed by atoms with Crippen molar-refractivity contribution in [3.8, 4) is 0 Å². The second kappa shape index (κ2) is 8.02. The molecule has 0 saturated carbocycles. The van der Waals surface area contributed by atoms with Crippen LogP contribution in [0.2, 0.25) is 0 Å². The number of nitrogens with zero attached hydrogens (tertiary/aromatic N) is 2. The molecule has 0 aliphatic carbocycles. The van der Waals surface area contributed by atoms with E-state index in [0.29, 0.717) is 32.7 Å². The normalized spacial score (nSPS) is 15.5. The molecule has 3 rings (SSSR count). The van der Waals surface area contributed by atoms with Gasteiger partial charge in [0, 0.05) is 38.3 Å². The number of rotatable bonds is 4. The van der Waals surface area contributed by atoms with Gasteiger partial charge in [0.15, 0.2) is 0 Å². The largest absolute Gasteiger partial charge is 0.478 e. The maximum absolute atomic E-state index is 12.8. The van der Waals surface area contributed by atoms with Crippen molar-refractivity contribution in [3.63, 3.8) is 0 Å². The molecule has 5 nitrogen and oxygen atoms in total. The molecule has 1 aliphatic rings. The lowest BCUT2D eigenvalue weighted by Crippen LogP contribution is -2.48. The van der Waals surface area contributed by atoms with E-state index in [0.717, 1.165) is 17.7 Å². The molecule has 2 aromatic carbocycles. The quantitative estimate of drug-likeness (QED) is 0.867. The SMILES string of the molecule is O=C(O)c1ccc(CN2CCN(C(=O)c3cccc(C(F)(F)F)c3)CC2)cc1. The highest BCUT2D eigenvalue weighted by molar-refractivity contribution is 5.94. The standard InChI is InChI=1S/C20H19F3N2O3/c21-20(22,23)17-3-1-2-16(12-17)18(26)25-10-8-24(9-11-25)13-14-4-6-15(7-5-14)19(27)28/h1-7,12H,8-11,13H2,(H,27,28). The van der Waals surface area contributed by atoms with Gasteiger partial charge in [0.1, 0.15) is 0 Å². The molecule has 0 radical (unpaired) electrons. The van der Waals surface area contributed by atoms with E-state index in [4.69, 9.17) is 5.11 Å². The van der Waals surface area contributed by atoms with E-state index in [2.05, 4.69) is 4.90 Å². The number of hydrogen-bond donors (Lipinski definition) is 1. The van der Waals surface area contributed by atoms with Gasteiger partial charge >= 0.3 is 12.1 Å². The van der Waals surface area contributed by atoms with E-state index in [1.807, 2.05) is 0 Å². The van der Waals surface area contributed by atoms with Gasteiger partial charge in [-0.25, -0.2) is 4.79 Å². The molecule has 0 unspecified atom stereocenters. The van der Waals surface area contributed by atoms with E-state index in [1.165, 1.54) is 12.1 Å². The van der Waals surface area contributed by atoms with Crippen LogP contribution >= 0.6 is 0 Å². The van der Waals surface area contributed by atoms with Gasteiger partial charge in [-0.3, -0.25) is 9.69 Å². The van der Waals surface area contributed by atoms with Gasteiger partial charge in [0.2, 0.25) is 0 Å². The first kappa shape index (κ1) is 19.9. The van der Waals surface area contributed by atoms with Gasteiger partial charge in [-0.15, -0.1) is 0 Å². The Kier molecular flexibility index (Phi) is 5.69. The van der Waals surface area contributed by atoms with Crippen LogP contribution < -0.4 is 0 Å². The van der Waals surface area contributed by atoms with Crippen molar-refractivity contribution in [1.82, 2.24) is 9.80 Å². The zero-order valence-electron chi connectivity index (χ0n) is 14.9. The second-order valence-electron chi connectivity index (χ2n) is 6.65. The van der Waals surface area contributed by atoms with Gasteiger partial charge < -0.3 is 10.0 Å². The molecule has 1 saturated heterocycles. The van der Waals surface area contributed by atoms with Crippen LogP contribution in [-0.4, -0.2) is 53.0 Å². The van der Waals surface area contributed by atoms with Crippen molar-refractivity contribution in [2.45, 2.75) is 12.7 Å². The summed E-state index contributed by atoms with van der Waals surface area (Å²) in [6.45, 7) is 2.63. The smallest absolute Gasteiger partial charge is 0.416 e. The summed E-state index contributed by atoms with van der Waals surface area (Å²) in [6.07, 6.45) is -4.48. The number of benzene rings is 2. The molecule has 1 N–H and O–H groups in total. The molecule has 1 amide bonds. The number of alkyl halides is 3. The van der Waals surface area contributed by atoms with Gasteiger partial charge in [0.05, 0.1) is 11.1 Å². The Bertz CT molecular complexity index is 858. The molecular formula is C20H19F3N2O3. The number of carboxylic acids is 1. The number of hydrogen-bond acceptors (Lipinski definition) is 3. The molecule has 8 heteroatoms. The summed E-state index contributed by atoms with van der Waals surface area (Å²) in [4.78, 5) is 27.1. The van der Waals surface area contributed by atoms with Crippen LogP contribution in [0.15, 0.2) is 48.5 Å². The highest BCUT2D eigenvalue weighted by atomic mass is 19.4. The molecule has 2 aromatic rings. The summed E-state index contributed by atoms with van der Waals surface area (Å²) < 4.78 is 38.5. The molecule has 0 aromatic heterocycles. The molecule has 148 valence electrons. The van der Waals surface area contributed by atoms with Crippen LogP contribution in [0.25, 0.3) is 0 Å². The Morgan fingerprint density at radius 2 is 1.57 bits per heavy atom. The van der Waals surface area contributed by atoms with E-state index in [9.17, 15) is 22.8 Å². The van der Waals surface area contributed by atoms with Crippen LogP contribution in [0.4, 0.5) is 13.2 Å². The second-order valence-corrected chi connectivity index (χ2v) is 6.65. The zero-order valence-corrected chi connectivity index (χ0v) is 14.9. The molecule has 0 spiro atoms. The number of piperazine rings is 1. The lowest BCUT2D eigenvalue weighted by atomic mass is 10.1. The highest BCUT2D eigenvalue weighted by Gasteiger charge is 2.31. The number of carbonyl (C=O) groups excluding carboxylic acids is 1. The molecule has 0 atom stereocenters. The fraction of sp³-hybridized carbons (Fsp3) is 0.300. The number of carboxylic acid groups (broad SMARTS) is 1. The molecule has 28 heavy (non-hydrogen) atoms. The molecule has 1 fully saturated rings. The average molecular weight is 392 g/mol. The fourth-order valence-electron chi connectivity index (χ4n) is 3.13. The van der Waals surface area contributed by atoms with Crippen LogP contribution in [0.3, 0.4) is 0 Å². The topological polar surface area (TPSA) is 60.9 Å². The van der Waals surface area contributed by atoms with Crippen molar-refractivity contribution in [2.24, 2.45) is 0 Å². The summed E-state index contributed by atoms with van der Waals surface area (Å²) in [5, 5.41) is 8.92. The third kappa shape index (κ3) is 4.69. The van der Waals surface area contributed by atoms with Crippen LogP contribution in [-0.2, 0) is 12.7 Å². The minimum Gasteiger partial charge on any atom is -0.478 e. The maximum Gasteiger partial charge on any atom is 0.416 e. The maximum atomic E-state index is 12.8. The first-order chi connectivity index (χ1) is 13.2. The number of halogens is 3. The summed E-state index contributed by atoms with van der Waals surface area (Å²) in [7, 11) is 0. The predicted octanol–water partition coefficient (Wildman–Crippen LogP) is 3.36. The van der Waals surface area contributed by atoms with Crippen LogP contribution in [0.5, 0.6) is 0 Å². The van der Waals surface area contributed by atoms with Crippen LogP contribution in [0, 0.1) is 0 Å². The van der Waals surface area contributed by atoms with E-state index < -0.39 is 23.6 Å². The van der Waals surface area contributed by atoms with Gasteiger partial charge in [-0.1, -0.05) is 18.2 Å². The average Bonchev–Trinajstić information content (AvgIpc) is 2.68. The Morgan fingerprint density at radius 1 is 0.929 bits per heavy atom. The van der Waals surface area contributed by atoms with Crippen molar-refractivity contribution >= 4 is 11.9 Å². The van der Waals surface area contributed by atoms with Crippen LogP contribution in [0.1, 0.15) is 31.8 Å². The Hall–Kier alpha value is -2.87. The molecular weight excluding hydrogens is 373 g/mol. The number of carbonyl (C=O) groups is 2. The lowest BCUT2D eigenvalue weighted by Gasteiger charge is -2.35. The zero-order chi connectivity index (χ0) is 20.3.